The number of halogens is 1. The molecule has 4 nitrogen and oxygen atoms in total. The van der Waals surface area contributed by atoms with Gasteiger partial charge in [0.05, 0.1) is 19.5 Å². The van der Waals surface area contributed by atoms with Crippen molar-refractivity contribution in [1.29, 1.82) is 0 Å². The van der Waals surface area contributed by atoms with Gasteiger partial charge in [-0.1, -0.05) is 40.2 Å². The molecule has 0 bridgehead atoms. The van der Waals surface area contributed by atoms with Crippen molar-refractivity contribution in [2.45, 2.75) is 13.1 Å². The Morgan fingerprint density at radius 2 is 1.26 bits per heavy atom. The summed E-state index contributed by atoms with van der Waals surface area (Å²) in [4.78, 5) is 14.0. The van der Waals surface area contributed by atoms with E-state index in [-0.39, 0.29) is 5.91 Å². The van der Waals surface area contributed by atoms with E-state index in [0.29, 0.717) is 18.4 Å². The largest absolute Gasteiger partial charge is 0.497 e. The van der Waals surface area contributed by atoms with Gasteiger partial charge in [-0.05, 0) is 35.4 Å². The highest BCUT2D eigenvalue weighted by Crippen LogP contribution is 2.17. The highest BCUT2D eigenvalue weighted by Gasteiger charge is 2.13. The van der Waals surface area contributed by atoms with Crippen molar-refractivity contribution in [2.75, 3.05) is 19.5 Å². The zero-order chi connectivity index (χ0) is 16.7. The number of methoxy groups -OCH3 is 2. The number of hydrogen-bond donors (Lipinski definition) is 0. The molecule has 0 unspecified atom stereocenters. The summed E-state index contributed by atoms with van der Waals surface area (Å²) < 4.78 is 10.3. The minimum atomic E-state index is 0.0524. The van der Waals surface area contributed by atoms with Crippen molar-refractivity contribution >= 4 is 21.8 Å². The number of benzene rings is 2. The molecule has 0 aromatic heterocycles. The molecule has 2 rings (SSSR count). The Morgan fingerprint density at radius 1 is 0.870 bits per heavy atom. The molecule has 2 aromatic carbocycles. The number of amides is 1. The van der Waals surface area contributed by atoms with Gasteiger partial charge in [-0.25, -0.2) is 0 Å². The molecular weight excluding hydrogens is 358 g/mol. The van der Waals surface area contributed by atoms with Crippen LogP contribution in [0.5, 0.6) is 11.5 Å². The number of carbonyl (C=O) groups is 1. The number of alkyl halides is 1. The van der Waals surface area contributed by atoms with Gasteiger partial charge < -0.3 is 14.4 Å². The molecule has 0 aliphatic rings. The lowest BCUT2D eigenvalue weighted by atomic mass is 10.1. The molecule has 1 amide bonds. The van der Waals surface area contributed by atoms with Crippen LogP contribution in [0, 0.1) is 0 Å². The lowest BCUT2D eigenvalue weighted by Gasteiger charge is -2.22. The Balaban J connectivity index is 2.10. The van der Waals surface area contributed by atoms with Crippen LogP contribution in [0.2, 0.25) is 0 Å². The normalized spacial score (nSPS) is 10.2. The third-order valence-corrected chi connectivity index (χ3v) is 4.01. The van der Waals surface area contributed by atoms with Crippen LogP contribution in [-0.4, -0.2) is 30.4 Å². The first-order valence-corrected chi connectivity index (χ1v) is 8.38. The minimum Gasteiger partial charge on any atom is -0.497 e. The maximum Gasteiger partial charge on any atom is 0.233 e. The van der Waals surface area contributed by atoms with Crippen LogP contribution in [0.25, 0.3) is 0 Å². The second-order valence-corrected chi connectivity index (χ2v) is 5.64. The molecule has 0 saturated carbocycles. The fourth-order valence-corrected chi connectivity index (χ4v) is 2.57. The van der Waals surface area contributed by atoms with Gasteiger partial charge in [0.25, 0.3) is 0 Å². The molecule has 5 heteroatoms. The van der Waals surface area contributed by atoms with E-state index >= 15 is 0 Å². The third-order valence-electron chi connectivity index (χ3n) is 3.53. The summed E-state index contributed by atoms with van der Waals surface area (Å²) in [5, 5.41) is 0.305. The van der Waals surface area contributed by atoms with Crippen LogP contribution < -0.4 is 9.47 Å². The van der Waals surface area contributed by atoms with Gasteiger partial charge in [-0.15, -0.1) is 0 Å². The van der Waals surface area contributed by atoms with Gasteiger partial charge in [0, 0.05) is 13.1 Å². The van der Waals surface area contributed by atoms with Crippen molar-refractivity contribution in [1.82, 2.24) is 4.90 Å². The third kappa shape index (κ3) is 4.99. The summed E-state index contributed by atoms with van der Waals surface area (Å²) in [6, 6.07) is 15.5. The zero-order valence-corrected chi connectivity index (χ0v) is 14.9. The van der Waals surface area contributed by atoms with E-state index in [4.69, 9.17) is 9.47 Å². The smallest absolute Gasteiger partial charge is 0.233 e. The highest BCUT2D eigenvalue weighted by atomic mass is 79.9. The Hall–Kier alpha value is -2.01. The van der Waals surface area contributed by atoms with E-state index in [0.717, 1.165) is 22.6 Å². The molecule has 122 valence electrons. The Labute approximate surface area is 145 Å². The Kier molecular flexibility index (Phi) is 6.47. The van der Waals surface area contributed by atoms with Crippen molar-refractivity contribution in [3.63, 3.8) is 0 Å². The molecule has 2 aromatic rings. The fourth-order valence-electron chi connectivity index (χ4n) is 2.22. The molecule has 23 heavy (non-hydrogen) atoms. The van der Waals surface area contributed by atoms with E-state index in [2.05, 4.69) is 15.9 Å². The lowest BCUT2D eigenvalue weighted by Crippen LogP contribution is -2.30. The summed E-state index contributed by atoms with van der Waals surface area (Å²) >= 11 is 3.26. The van der Waals surface area contributed by atoms with Crippen LogP contribution >= 0.6 is 15.9 Å². The highest BCUT2D eigenvalue weighted by molar-refractivity contribution is 9.09. The van der Waals surface area contributed by atoms with Crippen molar-refractivity contribution in [3.8, 4) is 11.5 Å². The predicted molar refractivity (Wildman–Crippen MR) is 94.0 cm³/mol. The van der Waals surface area contributed by atoms with Crippen LogP contribution in [-0.2, 0) is 17.9 Å². The van der Waals surface area contributed by atoms with E-state index in [1.54, 1.807) is 14.2 Å². The molecule has 0 saturated heterocycles. The van der Waals surface area contributed by atoms with Gasteiger partial charge >= 0.3 is 0 Å². The van der Waals surface area contributed by atoms with Gasteiger partial charge in [0.1, 0.15) is 11.5 Å². The van der Waals surface area contributed by atoms with Crippen LogP contribution in [0.15, 0.2) is 48.5 Å². The minimum absolute atomic E-state index is 0.0524. The number of hydrogen-bond acceptors (Lipinski definition) is 3. The SMILES string of the molecule is COc1ccc(CN(Cc2ccc(OC)cc2)C(=O)CBr)cc1. The lowest BCUT2D eigenvalue weighted by molar-refractivity contribution is -0.129. The average Bonchev–Trinajstić information content (AvgIpc) is 2.61. The summed E-state index contributed by atoms with van der Waals surface area (Å²) in [5.74, 6) is 1.67. The second kappa shape index (κ2) is 8.58. The van der Waals surface area contributed by atoms with Crippen LogP contribution in [0.1, 0.15) is 11.1 Å². The van der Waals surface area contributed by atoms with E-state index < -0.39 is 0 Å². The number of carbonyl (C=O) groups excluding carboxylic acids is 1. The predicted octanol–water partition coefficient (Wildman–Crippen LogP) is 3.63. The maximum atomic E-state index is 12.2. The van der Waals surface area contributed by atoms with Gasteiger partial charge in [-0.2, -0.15) is 0 Å². The van der Waals surface area contributed by atoms with Crippen molar-refractivity contribution in [2.24, 2.45) is 0 Å². The van der Waals surface area contributed by atoms with E-state index in [1.807, 2.05) is 53.4 Å². The molecule has 0 heterocycles. The number of nitrogens with zero attached hydrogens (tertiary/aromatic N) is 1. The van der Waals surface area contributed by atoms with Crippen molar-refractivity contribution in [3.05, 3.63) is 59.7 Å². The average molecular weight is 378 g/mol. The first-order valence-electron chi connectivity index (χ1n) is 7.26. The van der Waals surface area contributed by atoms with Gasteiger partial charge in [0.15, 0.2) is 0 Å². The molecule has 0 radical (unpaired) electrons. The number of rotatable bonds is 7. The second-order valence-electron chi connectivity index (χ2n) is 5.08. The van der Waals surface area contributed by atoms with Crippen LogP contribution in [0.3, 0.4) is 0 Å². The van der Waals surface area contributed by atoms with E-state index in [9.17, 15) is 4.79 Å². The van der Waals surface area contributed by atoms with Gasteiger partial charge in [0.2, 0.25) is 5.91 Å². The summed E-state index contributed by atoms with van der Waals surface area (Å²) in [5.41, 5.74) is 2.13. The Bertz CT molecular complexity index is 576. The zero-order valence-electron chi connectivity index (χ0n) is 13.3. The Morgan fingerprint density at radius 3 is 1.57 bits per heavy atom. The van der Waals surface area contributed by atoms with Crippen molar-refractivity contribution < 1.29 is 14.3 Å². The maximum absolute atomic E-state index is 12.2. The molecule has 0 aliphatic heterocycles. The summed E-state index contributed by atoms with van der Waals surface area (Å²) in [6.45, 7) is 1.11. The molecule has 0 N–H and O–H groups in total. The molecular formula is C18H20BrNO3. The van der Waals surface area contributed by atoms with E-state index in [1.165, 1.54) is 0 Å². The molecule has 0 fully saturated rings. The van der Waals surface area contributed by atoms with Gasteiger partial charge in [-0.3, -0.25) is 4.79 Å². The molecule has 0 atom stereocenters. The quantitative estimate of drug-likeness (QED) is 0.691. The molecule has 0 aliphatic carbocycles. The summed E-state index contributed by atoms with van der Waals surface area (Å²) in [6.07, 6.45) is 0. The standard InChI is InChI=1S/C18H20BrNO3/c1-22-16-7-3-14(4-8-16)12-20(18(21)11-19)13-15-5-9-17(23-2)10-6-15/h3-10H,11-13H2,1-2H3. The molecule has 0 spiro atoms. The fraction of sp³-hybridized carbons (Fsp3) is 0.278. The number of ether oxygens (including phenoxy) is 2. The first-order chi connectivity index (χ1) is 11.2. The topological polar surface area (TPSA) is 38.8 Å². The summed E-state index contributed by atoms with van der Waals surface area (Å²) in [7, 11) is 3.28. The monoisotopic (exact) mass is 377 g/mol. The first kappa shape index (κ1) is 17.3. The van der Waals surface area contributed by atoms with Crippen LogP contribution in [0.4, 0.5) is 0 Å².